The monoisotopic (exact) mass is 440 g/mol. The van der Waals surface area contributed by atoms with Crippen LogP contribution < -0.4 is 11.2 Å². The molecule has 8 heteroatoms. The molecule has 0 radical (unpaired) electrons. The molecular formula is C24H22F2N2O4. The van der Waals surface area contributed by atoms with Gasteiger partial charge in [-0.2, -0.15) is 5.90 Å². The van der Waals surface area contributed by atoms with Crippen LogP contribution in [0, 0.1) is 11.6 Å². The van der Waals surface area contributed by atoms with E-state index in [4.69, 9.17) is 10.7 Å². The molecule has 0 atom stereocenters. The molecule has 0 saturated carbocycles. The molecule has 6 nitrogen and oxygen atoms in total. The SMILES string of the molecule is CCNC(=O)C/C(=C(\ON)c1cc(-c2ccc(F)cc2)c(O)cc1O)c1ccc(F)cc1. The highest BCUT2D eigenvalue weighted by Crippen LogP contribution is 2.40. The van der Waals surface area contributed by atoms with E-state index in [0.29, 0.717) is 23.2 Å². The maximum Gasteiger partial charge on any atom is 0.224 e. The smallest absolute Gasteiger partial charge is 0.224 e. The average Bonchev–Trinajstić information content (AvgIpc) is 2.76. The molecule has 0 aliphatic heterocycles. The van der Waals surface area contributed by atoms with Crippen molar-refractivity contribution in [3.63, 3.8) is 0 Å². The fourth-order valence-electron chi connectivity index (χ4n) is 3.30. The summed E-state index contributed by atoms with van der Waals surface area (Å²) in [5.41, 5.74) is 1.60. The minimum atomic E-state index is -0.465. The van der Waals surface area contributed by atoms with Gasteiger partial charge in [-0.15, -0.1) is 0 Å². The van der Waals surface area contributed by atoms with Gasteiger partial charge in [0.1, 0.15) is 23.1 Å². The van der Waals surface area contributed by atoms with Crippen LogP contribution in [-0.4, -0.2) is 22.7 Å². The van der Waals surface area contributed by atoms with Gasteiger partial charge in [0, 0.05) is 23.7 Å². The van der Waals surface area contributed by atoms with E-state index in [2.05, 4.69) is 5.32 Å². The second-order valence-electron chi connectivity index (χ2n) is 6.96. The first-order valence-corrected chi connectivity index (χ1v) is 9.78. The number of carbonyl (C=O) groups is 1. The molecule has 3 aromatic carbocycles. The molecule has 0 aliphatic carbocycles. The highest BCUT2D eigenvalue weighted by Gasteiger charge is 2.21. The minimum absolute atomic E-state index is 0.0382. The van der Waals surface area contributed by atoms with E-state index >= 15 is 0 Å². The van der Waals surface area contributed by atoms with E-state index in [0.717, 1.165) is 6.07 Å². The highest BCUT2D eigenvalue weighted by atomic mass is 19.1. The van der Waals surface area contributed by atoms with Gasteiger partial charge in [0.25, 0.3) is 0 Å². The Morgan fingerprint density at radius 3 is 2.12 bits per heavy atom. The second-order valence-corrected chi connectivity index (χ2v) is 6.96. The second kappa shape index (κ2) is 9.93. The Bertz CT molecular complexity index is 1140. The molecular weight excluding hydrogens is 418 g/mol. The van der Waals surface area contributed by atoms with Crippen LogP contribution in [0.3, 0.4) is 0 Å². The van der Waals surface area contributed by atoms with Crippen LogP contribution in [0.1, 0.15) is 24.5 Å². The Kier molecular flexibility index (Phi) is 7.07. The number of nitrogens with two attached hydrogens (primary N) is 1. The number of hydrogen-bond donors (Lipinski definition) is 4. The van der Waals surface area contributed by atoms with Crippen molar-refractivity contribution < 1.29 is 28.6 Å². The summed E-state index contributed by atoms with van der Waals surface area (Å²) in [6, 6.07) is 13.3. The van der Waals surface area contributed by atoms with Crippen molar-refractivity contribution in [1.82, 2.24) is 5.32 Å². The summed E-state index contributed by atoms with van der Waals surface area (Å²) in [5.74, 6) is 3.66. The lowest BCUT2D eigenvalue weighted by atomic mass is 9.94. The number of halogens is 2. The summed E-state index contributed by atoms with van der Waals surface area (Å²) in [7, 11) is 0. The average molecular weight is 440 g/mol. The quantitative estimate of drug-likeness (QED) is 0.249. The van der Waals surface area contributed by atoms with Gasteiger partial charge in [-0.3, -0.25) is 4.79 Å². The lowest BCUT2D eigenvalue weighted by Gasteiger charge is -2.17. The van der Waals surface area contributed by atoms with E-state index in [-0.39, 0.29) is 40.7 Å². The van der Waals surface area contributed by atoms with E-state index in [1.165, 1.54) is 54.6 Å². The molecule has 0 aromatic heterocycles. The Balaban J connectivity index is 2.22. The first-order valence-electron chi connectivity index (χ1n) is 9.78. The van der Waals surface area contributed by atoms with Gasteiger partial charge < -0.3 is 20.4 Å². The van der Waals surface area contributed by atoms with Gasteiger partial charge in [0.15, 0.2) is 5.76 Å². The number of amides is 1. The molecule has 3 aromatic rings. The summed E-state index contributed by atoms with van der Waals surface area (Å²) in [6.45, 7) is 2.16. The largest absolute Gasteiger partial charge is 0.507 e. The van der Waals surface area contributed by atoms with Crippen LogP contribution in [0.4, 0.5) is 8.78 Å². The molecule has 5 N–H and O–H groups in total. The van der Waals surface area contributed by atoms with E-state index in [1.807, 2.05) is 0 Å². The van der Waals surface area contributed by atoms with E-state index in [1.54, 1.807) is 6.92 Å². The zero-order valence-electron chi connectivity index (χ0n) is 17.2. The molecule has 166 valence electrons. The summed E-state index contributed by atoms with van der Waals surface area (Å²) in [4.78, 5) is 17.4. The zero-order valence-corrected chi connectivity index (χ0v) is 17.2. The number of nitrogens with one attached hydrogen (secondary N) is 1. The van der Waals surface area contributed by atoms with Crippen LogP contribution in [0.15, 0.2) is 60.7 Å². The molecule has 0 bridgehead atoms. The summed E-state index contributed by atoms with van der Waals surface area (Å²) >= 11 is 0. The van der Waals surface area contributed by atoms with E-state index < -0.39 is 11.6 Å². The van der Waals surface area contributed by atoms with E-state index in [9.17, 15) is 23.8 Å². The summed E-state index contributed by atoms with van der Waals surface area (Å²) in [5, 5.41) is 23.6. The number of benzene rings is 3. The fourth-order valence-corrected chi connectivity index (χ4v) is 3.30. The standard InChI is InChI=1S/C24H22F2N2O4/c1-2-28-23(31)12-19(15-5-9-17(26)10-6-15)24(32-27)20-11-18(21(29)13-22(20)30)14-3-7-16(25)8-4-14/h3-11,13,29-30H,2,12,27H2,1H3,(H,28,31)/b24-19+. The van der Waals surface area contributed by atoms with Gasteiger partial charge in [0.2, 0.25) is 5.91 Å². The molecule has 0 unspecified atom stereocenters. The number of hydrogen-bond acceptors (Lipinski definition) is 5. The Hall–Kier alpha value is -3.91. The lowest BCUT2D eigenvalue weighted by Crippen LogP contribution is -2.23. The number of phenols is 2. The molecule has 3 rings (SSSR count). The van der Waals surface area contributed by atoms with Crippen molar-refractivity contribution in [2.75, 3.05) is 6.54 Å². The predicted molar refractivity (Wildman–Crippen MR) is 117 cm³/mol. The summed E-state index contributed by atoms with van der Waals surface area (Å²) in [6.07, 6.45) is -0.168. The molecule has 0 aliphatic rings. The van der Waals surface area contributed by atoms with Gasteiger partial charge in [-0.05, 0) is 48.4 Å². The van der Waals surface area contributed by atoms with Crippen molar-refractivity contribution in [2.45, 2.75) is 13.3 Å². The first-order chi connectivity index (χ1) is 15.3. The van der Waals surface area contributed by atoms with Crippen LogP contribution in [-0.2, 0) is 9.63 Å². The normalized spacial score (nSPS) is 11.6. The fraction of sp³-hybridized carbons (Fsp3) is 0.125. The maximum atomic E-state index is 13.5. The number of phenolic OH excluding ortho intramolecular Hbond substituents is 2. The maximum absolute atomic E-state index is 13.5. The van der Waals surface area contributed by atoms with Crippen molar-refractivity contribution >= 4 is 17.2 Å². The first kappa shape index (κ1) is 22.8. The predicted octanol–water partition coefficient (Wildman–Crippen LogP) is 4.33. The van der Waals surface area contributed by atoms with Crippen molar-refractivity contribution in [2.24, 2.45) is 5.90 Å². The lowest BCUT2D eigenvalue weighted by molar-refractivity contribution is -0.119. The zero-order chi connectivity index (χ0) is 23.3. The molecule has 0 fully saturated rings. The van der Waals surface area contributed by atoms with Crippen LogP contribution in [0.25, 0.3) is 22.5 Å². The Morgan fingerprint density at radius 1 is 0.969 bits per heavy atom. The topological polar surface area (TPSA) is 105 Å². The van der Waals surface area contributed by atoms with Crippen molar-refractivity contribution in [1.29, 1.82) is 0 Å². The van der Waals surface area contributed by atoms with Gasteiger partial charge in [-0.25, -0.2) is 8.78 Å². The van der Waals surface area contributed by atoms with Crippen LogP contribution in [0.2, 0.25) is 0 Å². The third-order valence-electron chi connectivity index (χ3n) is 4.81. The van der Waals surface area contributed by atoms with Gasteiger partial charge in [0.05, 0.1) is 12.0 Å². The number of aromatic hydroxyl groups is 2. The Labute approximate surface area is 183 Å². The molecule has 0 heterocycles. The highest BCUT2D eigenvalue weighted by molar-refractivity contribution is 5.99. The third kappa shape index (κ3) is 5.04. The number of carbonyl (C=O) groups excluding carboxylic acids is 1. The molecule has 0 saturated heterocycles. The Morgan fingerprint density at radius 2 is 1.56 bits per heavy atom. The van der Waals surface area contributed by atoms with Crippen LogP contribution >= 0.6 is 0 Å². The minimum Gasteiger partial charge on any atom is -0.507 e. The van der Waals surface area contributed by atoms with Crippen molar-refractivity contribution in [3.8, 4) is 22.6 Å². The summed E-state index contributed by atoms with van der Waals surface area (Å²) < 4.78 is 26.8. The van der Waals surface area contributed by atoms with Crippen LogP contribution in [0.5, 0.6) is 11.5 Å². The third-order valence-corrected chi connectivity index (χ3v) is 4.81. The number of rotatable bonds is 7. The van der Waals surface area contributed by atoms with Gasteiger partial charge in [-0.1, -0.05) is 24.3 Å². The molecule has 1 amide bonds. The molecule has 32 heavy (non-hydrogen) atoms. The molecule has 0 spiro atoms. The van der Waals surface area contributed by atoms with Crippen molar-refractivity contribution in [3.05, 3.63) is 83.4 Å². The van der Waals surface area contributed by atoms with Gasteiger partial charge >= 0.3 is 0 Å².